The highest BCUT2D eigenvalue weighted by Crippen LogP contribution is 2.39. The first-order chi connectivity index (χ1) is 11.1. The van der Waals surface area contributed by atoms with E-state index in [1.807, 2.05) is 0 Å². The molecule has 0 aliphatic heterocycles. The van der Waals surface area contributed by atoms with Crippen LogP contribution in [0.4, 0.5) is 0 Å². The van der Waals surface area contributed by atoms with Gasteiger partial charge in [-0.2, -0.15) is 0 Å². The Morgan fingerprint density at radius 2 is 1.04 bits per heavy atom. The second-order valence-corrected chi connectivity index (χ2v) is 20.2. The minimum Gasteiger partial charge on any atom is -0.417 e. The molecular weight excluding hydrogens is 316 g/mol. The predicted molar refractivity (Wildman–Crippen MR) is 109 cm³/mol. The Balaban J connectivity index is 5.68. The van der Waals surface area contributed by atoms with Gasteiger partial charge in [-0.1, -0.05) is 85.4 Å². The molecule has 1 atom stereocenters. The molecule has 2 nitrogen and oxygen atoms in total. The van der Waals surface area contributed by atoms with Gasteiger partial charge >= 0.3 is 0 Å². The molecule has 0 rings (SSSR count). The van der Waals surface area contributed by atoms with E-state index in [0.717, 1.165) is 32.3 Å². The lowest BCUT2D eigenvalue weighted by Gasteiger charge is -2.47. The SMILES string of the molecule is CCCOC[Si](CCC)(OCCC)[Si](CCC)(CCC)CCC. The Hall–Kier alpha value is 0.354. The maximum atomic E-state index is 6.86. The summed E-state index contributed by atoms with van der Waals surface area (Å²) in [5, 5.41) is 0. The van der Waals surface area contributed by atoms with Crippen LogP contribution in [-0.4, -0.2) is 34.9 Å². The van der Waals surface area contributed by atoms with E-state index in [4.69, 9.17) is 9.16 Å². The Morgan fingerprint density at radius 1 is 0.565 bits per heavy atom. The molecule has 0 N–H and O–H groups in total. The highest BCUT2D eigenvalue weighted by molar-refractivity contribution is 7.40. The van der Waals surface area contributed by atoms with Gasteiger partial charge in [-0.15, -0.1) is 0 Å². The van der Waals surface area contributed by atoms with Crippen molar-refractivity contribution in [2.24, 2.45) is 0 Å². The van der Waals surface area contributed by atoms with Crippen LogP contribution < -0.4 is 0 Å². The van der Waals surface area contributed by atoms with E-state index in [2.05, 4.69) is 41.5 Å². The Morgan fingerprint density at radius 3 is 1.43 bits per heavy atom. The van der Waals surface area contributed by atoms with Gasteiger partial charge in [0.2, 0.25) is 7.83 Å². The van der Waals surface area contributed by atoms with E-state index in [1.54, 1.807) is 0 Å². The summed E-state index contributed by atoms with van der Waals surface area (Å²) >= 11 is 0. The van der Waals surface area contributed by atoms with Crippen LogP contribution in [-0.2, 0) is 9.16 Å². The van der Waals surface area contributed by atoms with Crippen LogP contribution in [0.2, 0.25) is 24.2 Å². The second kappa shape index (κ2) is 13.6. The lowest BCUT2D eigenvalue weighted by atomic mass is 10.5. The first-order valence-corrected chi connectivity index (χ1v) is 16.3. The maximum Gasteiger partial charge on any atom is 0.204 e. The van der Waals surface area contributed by atoms with E-state index in [0.29, 0.717) is 0 Å². The zero-order valence-corrected chi connectivity index (χ0v) is 19.0. The molecule has 0 aromatic rings. The molecule has 0 aromatic carbocycles. The molecule has 0 heterocycles. The van der Waals surface area contributed by atoms with E-state index in [-0.39, 0.29) is 0 Å². The fourth-order valence-electron chi connectivity index (χ4n) is 4.33. The van der Waals surface area contributed by atoms with Gasteiger partial charge in [0, 0.05) is 13.2 Å². The van der Waals surface area contributed by atoms with Gasteiger partial charge in [-0.3, -0.25) is 0 Å². The van der Waals surface area contributed by atoms with Crippen molar-refractivity contribution in [2.45, 2.75) is 104 Å². The van der Waals surface area contributed by atoms with Crippen molar-refractivity contribution in [1.29, 1.82) is 0 Å². The Labute approximate surface area is 148 Å². The van der Waals surface area contributed by atoms with Crippen molar-refractivity contribution in [2.75, 3.05) is 19.4 Å². The van der Waals surface area contributed by atoms with Gasteiger partial charge in [0.15, 0.2) is 0 Å². The van der Waals surface area contributed by atoms with Gasteiger partial charge < -0.3 is 9.16 Å². The van der Waals surface area contributed by atoms with Crippen molar-refractivity contribution in [3.8, 4) is 0 Å². The van der Waals surface area contributed by atoms with Crippen LogP contribution in [0.1, 0.15) is 80.1 Å². The predicted octanol–water partition coefficient (Wildman–Crippen LogP) is 6.49. The Bertz CT molecular complexity index is 257. The van der Waals surface area contributed by atoms with Crippen molar-refractivity contribution in [3.05, 3.63) is 0 Å². The summed E-state index contributed by atoms with van der Waals surface area (Å²) in [4.78, 5) is 0. The molecule has 0 saturated heterocycles. The van der Waals surface area contributed by atoms with Crippen molar-refractivity contribution in [3.63, 3.8) is 0 Å². The molecule has 0 fully saturated rings. The van der Waals surface area contributed by atoms with Gasteiger partial charge in [-0.05, 0) is 18.9 Å². The zero-order chi connectivity index (χ0) is 17.6. The summed E-state index contributed by atoms with van der Waals surface area (Å²) in [6, 6.07) is 5.70. The molecule has 0 aliphatic rings. The van der Waals surface area contributed by atoms with Gasteiger partial charge in [-0.25, -0.2) is 0 Å². The smallest absolute Gasteiger partial charge is 0.204 e. The third-order valence-electron chi connectivity index (χ3n) is 5.07. The number of hydrogen-bond acceptors (Lipinski definition) is 2. The molecule has 0 radical (unpaired) electrons. The summed E-state index contributed by atoms with van der Waals surface area (Å²) in [7, 11) is -3.17. The van der Waals surface area contributed by atoms with Gasteiger partial charge in [0.25, 0.3) is 0 Å². The largest absolute Gasteiger partial charge is 0.417 e. The maximum absolute atomic E-state index is 6.86. The molecule has 140 valence electrons. The monoisotopic (exact) mass is 360 g/mol. The highest BCUT2D eigenvalue weighted by Gasteiger charge is 2.54. The quantitative estimate of drug-likeness (QED) is 0.231. The molecule has 0 spiro atoms. The number of rotatable bonds is 16. The lowest BCUT2D eigenvalue weighted by Crippen LogP contribution is -2.67. The molecule has 4 heteroatoms. The van der Waals surface area contributed by atoms with Crippen LogP contribution >= 0.6 is 0 Å². The summed E-state index contributed by atoms with van der Waals surface area (Å²) in [5.41, 5.74) is 0. The minimum absolute atomic E-state index is 0.906. The normalized spacial score (nSPS) is 14.9. The van der Waals surface area contributed by atoms with Crippen molar-refractivity contribution >= 4 is 15.4 Å². The van der Waals surface area contributed by atoms with Crippen LogP contribution in [0.15, 0.2) is 0 Å². The summed E-state index contributed by atoms with van der Waals surface area (Å²) in [6.45, 7) is 15.8. The van der Waals surface area contributed by atoms with Crippen LogP contribution in [0.3, 0.4) is 0 Å². The topological polar surface area (TPSA) is 18.5 Å². The molecule has 0 saturated carbocycles. The molecule has 0 aromatic heterocycles. The van der Waals surface area contributed by atoms with E-state index in [9.17, 15) is 0 Å². The second-order valence-electron chi connectivity index (χ2n) is 7.18. The lowest BCUT2D eigenvalue weighted by molar-refractivity contribution is 0.154. The average molecular weight is 361 g/mol. The highest BCUT2D eigenvalue weighted by atomic mass is 29.3. The van der Waals surface area contributed by atoms with Gasteiger partial charge in [0.05, 0.1) is 13.8 Å². The fourth-order valence-corrected chi connectivity index (χ4v) is 23.9. The first kappa shape index (κ1) is 23.4. The molecule has 0 amide bonds. The molecule has 23 heavy (non-hydrogen) atoms. The van der Waals surface area contributed by atoms with E-state index < -0.39 is 15.4 Å². The molecule has 0 aliphatic carbocycles. The van der Waals surface area contributed by atoms with E-state index in [1.165, 1.54) is 49.9 Å². The average Bonchev–Trinajstić information content (AvgIpc) is 2.53. The van der Waals surface area contributed by atoms with Crippen molar-refractivity contribution in [1.82, 2.24) is 0 Å². The third-order valence-corrected chi connectivity index (χ3v) is 23.8. The summed E-state index contributed by atoms with van der Waals surface area (Å²) < 4.78 is 13.1. The van der Waals surface area contributed by atoms with Crippen molar-refractivity contribution < 1.29 is 9.16 Å². The third kappa shape index (κ3) is 7.01. The molecule has 1 unspecified atom stereocenters. The van der Waals surface area contributed by atoms with Crippen LogP contribution in [0, 0.1) is 0 Å². The summed E-state index contributed by atoms with van der Waals surface area (Å²) in [5.74, 6) is 0. The van der Waals surface area contributed by atoms with Crippen LogP contribution in [0.5, 0.6) is 0 Å². The zero-order valence-electron chi connectivity index (χ0n) is 17.0. The van der Waals surface area contributed by atoms with Crippen LogP contribution in [0.25, 0.3) is 0 Å². The number of ether oxygens (including phenoxy) is 1. The fraction of sp³-hybridized carbons (Fsp3) is 1.00. The van der Waals surface area contributed by atoms with E-state index >= 15 is 0 Å². The van der Waals surface area contributed by atoms with Gasteiger partial charge in [0.1, 0.15) is 0 Å². The first-order valence-electron chi connectivity index (χ1n) is 10.3. The Kier molecular flexibility index (Phi) is 13.8. The molecular formula is C19H44O2Si2. The number of hydrogen-bond donors (Lipinski definition) is 0. The summed E-state index contributed by atoms with van der Waals surface area (Å²) in [6.07, 6.45) is 8.48. The minimum atomic E-state index is -1.78. The standard InChI is InChI=1S/C19H44O2Si2/c1-7-13-20-19-23(18-12-6,21-14-8-2)22(15-9-3,16-10-4)17-11-5/h7-19H2,1-6H3. The molecule has 0 bridgehead atoms.